The minimum Gasteiger partial charge on any atom is -0.478 e. The second-order valence-electron chi connectivity index (χ2n) is 4.81. The van der Waals surface area contributed by atoms with E-state index in [2.05, 4.69) is 18.7 Å². The fourth-order valence-corrected chi connectivity index (χ4v) is 2.10. The number of hydrogen-bond acceptors (Lipinski definition) is 2. The largest absolute Gasteiger partial charge is 0.478 e. The summed E-state index contributed by atoms with van der Waals surface area (Å²) in [5.74, 6) is 0.673. The Morgan fingerprint density at radius 3 is 2.67 bits per heavy atom. The highest BCUT2D eigenvalue weighted by atomic mass is 16.4. The van der Waals surface area contributed by atoms with Crippen molar-refractivity contribution in [3.63, 3.8) is 0 Å². The highest BCUT2D eigenvalue weighted by Gasteiger charge is 2.22. The number of piperidine rings is 1. The van der Waals surface area contributed by atoms with E-state index in [4.69, 9.17) is 5.11 Å². The molecule has 2 atom stereocenters. The lowest BCUT2D eigenvalue weighted by Gasteiger charge is -2.35. The summed E-state index contributed by atoms with van der Waals surface area (Å²) in [5.41, 5.74) is 0.934. The van der Waals surface area contributed by atoms with Crippen LogP contribution >= 0.6 is 0 Å². The van der Waals surface area contributed by atoms with Gasteiger partial charge < -0.3 is 5.11 Å². The maximum Gasteiger partial charge on any atom is 0.328 e. The Hall–Kier alpha value is -0.830. The second-order valence-corrected chi connectivity index (χ2v) is 4.81. The zero-order valence-corrected chi connectivity index (χ0v) is 9.86. The molecular formula is C12H21NO2. The number of rotatable bonds is 3. The molecule has 1 heterocycles. The first-order valence-corrected chi connectivity index (χ1v) is 5.61. The van der Waals surface area contributed by atoms with Crippen LogP contribution in [0.1, 0.15) is 27.2 Å². The van der Waals surface area contributed by atoms with Gasteiger partial charge in [-0.2, -0.15) is 0 Å². The lowest BCUT2D eigenvalue weighted by molar-refractivity contribution is -0.131. The summed E-state index contributed by atoms with van der Waals surface area (Å²) in [6.07, 6.45) is 2.53. The Balaban J connectivity index is 2.43. The molecule has 0 aliphatic carbocycles. The topological polar surface area (TPSA) is 40.5 Å². The number of aliphatic carboxylic acids is 1. The molecule has 3 heteroatoms. The van der Waals surface area contributed by atoms with Gasteiger partial charge in [-0.15, -0.1) is 0 Å². The lowest BCUT2D eigenvalue weighted by atomic mass is 9.88. The Morgan fingerprint density at radius 1 is 1.47 bits per heavy atom. The predicted molar refractivity (Wildman–Crippen MR) is 60.8 cm³/mol. The molecule has 0 aromatic heterocycles. The van der Waals surface area contributed by atoms with Gasteiger partial charge in [-0.1, -0.05) is 19.4 Å². The number of carbonyl (C=O) groups is 1. The van der Waals surface area contributed by atoms with Crippen LogP contribution in [0.3, 0.4) is 0 Å². The van der Waals surface area contributed by atoms with Crippen LogP contribution < -0.4 is 0 Å². The summed E-state index contributed by atoms with van der Waals surface area (Å²) in [6, 6.07) is 0. The lowest BCUT2D eigenvalue weighted by Crippen LogP contribution is -2.39. The van der Waals surface area contributed by atoms with Gasteiger partial charge >= 0.3 is 5.97 Å². The van der Waals surface area contributed by atoms with E-state index in [1.165, 1.54) is 12.5 Å². The second kappa shape index (κ2) is 5.31. The van der Waals surface area contributed by atoms with Gasteiger partial charge in [-0.3, -0.25) is 4.90 Å². The first kappa shape index (κ1) is 12.2. The molecule has 0 amide bonds. The molecule has 0 spiro atoms. The van der Waals surface area contributed by atoms with Crippen LogP contribution in [0.25, 0.3) is 0 Å². The van der Waals surface area contributed by atoms with Crippen molar-refractivity contribution in [2.75, 3.05) is 19.6 Å². The van der Waals surface area contributed by atoms with Crippen LogP contribution in [0.4, 0.5) is 0 Å². The first-order valence-electron chi connectivity index (χ1n) is 5.61. The quantitative estimate of drug-likeness (QED) is 0.726. The standard InChI is InChI=1S/C12H21NO2/c1-9(6-12(14)15)7-13-5-4-10(2)11(3)8-13/h6,10-11H,4-5,7-8H2,1-3H3,(H,14,15)/b9-6+. The summed E-state index contributed by atoms with van der Waals surface area (Å²) >= 11 is 0. The van der Waals surface area contributed by atoms with Crippen LogP contribution in [0.5, 0.6) is 0 Å². The Bertz CT molecular complexity index is 260. The highest BCUT2D eigenvalue weighted by molar-refractivity contribution is 5.80. The van der Waals surface area contributed by atoms with E-state index >= 15 is 0 Å². The minimum absolute atomic E-state index is 0.719. The summed E-state index contributed by atoms with van der Waals surface area (Å²) in [5, 5.41) is 8.61. The third-order valence-electron chi connectivity index (χ3n) is 3.26. The van der Waals surface area contributed by atoms with Crippen LogP contribution in [-0.2, 0) is 4.79 Å². The van der Waals surface area contributed by atoms with Gasteiger partial charge in [0, 0.05) is 19.2 Å². The molecule has 1 aliphatic heterocycles. The number of hydrogen-bond donors (Lipinski definition) is 1. The summed E-state index contributed by atoms with van der Waals surface area (Å²) in [7, 11) is 0. The molecular weight excluding hydrogens is 190 g/mol. The van der Waals surface area contributed by atoms with Gasteiger partial charge in [-0.25, -0.2) is 4.79 Å². The van der Waals surface area contributed by atoms with E-state index in [9.17, 15) is 4.79 Å². The molecule has 1 rings (SSSR count). The molecule has 0 bridgehead atoms. The number of nitrogens with zero attached hydrogens (tertiary/aromatic N) is 1. The number of likely N-dealkylation sites (tertiary alicyclic amines) is 1. The van der Waals surface area contributed by atoms with Gasteiger partial charge in [0.05, 0.1) is 0 Å². The molecule has 1 N–H and O–H groups in total. The van der Waals surface area contributed by atoms with Crippen LogP contribution in [0.15, 0.2) is 11.6 Å². The molecule has 1 aliphatic rings. The maximum atomic E-state index is 10.5. The van der Waals surface area contributed by atoms with Gasteiger partial charge in [0.25, 0.3) is 0 Å². The zero-order chi connectivity index (χ0) is 11.4. The number of carboxylic acids is 1. The van der Waals surface area contributed by atoms with Crippen molar-refractivity contribution in [2.45, 2.75) is 27.2 Å². The number of carboxylic acid groups (broad SMARTS) is 1. The van der Waals surface area contributed by atoms with Gasteiger partial charge in [0.2, 0.25) is 0 Å². The highest BCUT2D eigenvalue weighted by Crippen LogP contribution is 2.22. The van der Waals surface area contributed by atoms with Crippen molar-refractivity contribution in [1.82, 2.24) is 4.90 Å². The van der Waals surface area contributed by atoms with Crippen molar-refractivity contribution < 1.29 is 9.90 Å². The van der Waals surface area contributed by atoms with Gasteiger partial charge in [0.1, 0.15) is 0 Å². The smallest absolute Gasteiger partial charge is 0.328 e. The molecule has 2 unspecified atom stereocenters. The summed E-state index contributed by atoms with van der Waals surface area (Å²) in [4.78, 5) is 12.8. The molecule has 1 fully saturated rings. The maximum absolute atomic E-state index is 10.5. The molecule has 1 saturated heterocycles. The van der Waals surface area contributed by atoms with E-state index in [1.807, 2.05) is 6.92 Å². The average Bonchev–Trinajstić information content (AvgIpc) is 2.10. The van der Waals surface area contributed by atoms with Crippen LogP contribution in [0, 0.1) is 11.8 Å². The third kappa shape index (κ3) is 4.04. The molecule has 0 aromatic rings. The average molecular weight is 211 g/mol. The molecule has 86 valence electrons. The molecule has 3 nitrogen and oxygen atoms in total. The van der Waals surface area contributed by atoms with Gasteiger partial charge in [-0.05, 0) is 31.7 Å². The zero-order valence-electron chi connectivity index (χ0n) is 9.86. The molecule has 0 radical (unpaired) electrons. The van der Waals surface area contributed by atoms with Crippen molar-refractivity contribution in [3.05, 3.63) is 11.6 Å². The van der Waals surface area contributed by atoms with E-state index in [1.54, 1.807) is 0 Å². The fraction of sp³-hybridized carbons (Fsp3) is 0.750. The molecule has 0 saturated carbocycles. The van der Waals surface area contributed by atoms with Crippen molar-refractivity contribution in [3.8, 4) is 0 Å². The van der Waals surface area contributed by atoms with Crippen LogP contribution in [0.2, 0.25) is 0 Å². The Kier molecular flexibility index (Phi) is 4.33. The Morgan fingerprint density at radius 2 is 2.13 bits per heavy atom. The SMILES string of the molecule is C/C(=C\C(=O)O)CN1CCC(C)C(C)C1. The summed E-state index contributed by atoms with van der Waals surface area (Å²) < 4.78 is 0. The van der Waals surface area contributed by atoms with E-state index in [-0.39, 0.29) is 0 Å². The molecule has 15 heavy (non-hydrogen) atoms. The molecule has 0 aromatic carbocycles. The normalized spacial score (nSPS) is 29.1. The van der Waals surface area contributed by atoms with Crippen molar-refractivity contribution in [2.24, 2.45) is 11.8 Å². The van der Waals surface area contributed by atoms with Crippen molar-refractivity contribution in [1.29, 1.82) is 0 Å². The van der Waals surface area contributed by atoms with E-state index < -0.39 is 5.97 Å². The van der Waals surface area contributed by atoms with E-state index in [0.29, 0.717) is 0 Å². The third-order valence-corrected chi connectivity index (χ3v) is 3.26. The van der Waals surface area contributed by atoms with E-state index in [0.717, 1.165) is 37.0 Å². The monoisotopic (exact) mass is 211 g/mol. The predicted octanol–water partition coefficient (Wildman–Crippen LogP) is 2.00. The van der Waals surface area contributed by atoms with Gasteiger partial charge in [0.15, 0.2) is 0 Å². The minimum atomic E-state index is -0.842. The summed E-state index contributed by atoms with van der Waals surface area (Å²) in [6.45, 7) is 9.43. The van der Waals surface area contributed by atoms with Crippen molar-refractivity contribution >= 4 is 5.97 Å². The fourth-order valence-electron chi connectivity index (χ4n) is 2.10. The Labute approximate surface area is 91.8 Å². The van der Waals surface area contributed by atoms with Crippen LogP contribution in [-0.4, -0.2) is 35.6 Å². The first-order chi connectivity index (χ1) is 6.99.